The van der Waals surface area contributed by atoms with E-state index in [0.717, 1.165) is 12.8 Å². The van der Waals surface area contributed by atoms with Gasteiger partial charge in [-0.05, 0) is 39.1 Å². The van der Waals surface area contributed by atoms with Crippen molar-refractivity contribution in [1.82, 2.24) is 14.8 Å². The van der Waals surface area contributed by atoms with E-state index in [-0.39, 0.29) is 17.4 Å². The van der Waals surface area contributed by atoms with Gasteiger partial charge in [0.25, 0.3) is 0 Å². The van der Waals surface area contributed by atoms with Crippen LogP contribution in [0.4, 0.5) is 10.5 Å². The number of nitrogens with one attached hydrogen (secondary N) is 1. The van der Waals surface area contributed by atoms with Crippen LogP contribution < -0.4 is 5.32 Å². The van der Waals surface area contributed by atoms with Crippen molar-refractivity contribution in [1.29, 1.82) is 0 Å². The topological polar surface area (TPSA) is 85.8 Å². The molecule has 7 heteroatoms. The van der Waals surface area contributed by atoms with E-state index in [1.54, 1.807) is 17.0 Å². The molecule has 7 nitrogen and oxygen atoms in total. The predicted octanol–water partition coefficient (Wildman–Crippen LogP) is 1.34. The fourth-order valence-corrected chi connectivity index (χ4v) is 2.43. The molecule has 114 valence electrons. The smallest absolute Gasteiger partial charge is 0.356 e. The fraction of sp³-hybridized carbons (Fsp3) is 0.500. The molecule has 0 aliphatic carbocycles. The van der Waals surface area contributed by atoms with Gasteiger partial charge in [0, 0.05) is 25.3 Å². The van der Waals surface area contributed by atoms with Gasteiger partial charge in [-0.15, -0.1) is 0 Å². The Morgan fingerprint density at radius 1 is 1.48 bits per heavy atom. The zero-order valence-corrected chi connectivity index (χ0v) is 12.2. The summed E-state index contributed by atoms with van der Waals surface area (Å²) in [7, 11) is 3.99. The largest absolute Gasteiger partial charge is 0.476 e. The first-order chi connectivity index (χ1) is 9.99. The Hall–Kier alpha value is -2.15. The number of aromatic nitrogens is 1. The van der Waals surface area contributed by atoms with Gasteiger partial charge in [0.1, 0.15) is 0 Å². The van der Waals surface area contributed by atoms with Crippen molar-refractivity contribution < 1.29 is 14.7 Å². The molecule has 2 amide bonds. The van der Waals surface area contributed by atoms with Gasteiger partial charge in [0.2, 0.25) is 0 Å². The number of pyridine rings is 1. The summed E-state index contributed by atoms with van der Waals surface area (Å²) in [5.74, 6) is -1.16. The van der Waals surface area contributed by atoms with Crippen LogP contribution in [0.1, 0.15) is 23.3 Å². The maximum atomic E-state index is 12.3. The van der Waals surface area contributed by atoms with Crippen molar-refractivity contribution in [3.05, 3.63) is 24.0 Å². The molecule has 1 atom stereocenters. The third-order valence-electron chi connectivity index (χ3n) is 3.67. The van der Waals surface area contributed by atoms with E-state index in [4.69, 9.17) is 5.11 Å². The Morgan fingerprint density at radius 3 is 2.90 bits per heavy atom. The van der Waals surface area contributed by atoms with E-state index in [0.29, 0.717) is 19.1 Å². The lowest BCUT2D eigenvalue weighted by Crippen LogP contribution is -2.48. The van der Waals surface area contributed by atoms with Crippen LogP contribution >= 0.6 is 0 Å². The van der Waals surface area contributed by atoms with Crippen molar-refractivity contribution in [2.75, 3.05) is 32.5 Å². The molecular formula is C14H20N4O3. The molecule has 1 fully saturated rings. The van der Waals surface area contributed by atoms with E-state index >= 15 is 0 Å². The number of likely N-dealkylation sites (N-methyl/N-ethyl adjacent to an activating group) is 1. The number of hydrogen-bond donors (Lipinski definition) is 2. The van der Waals surface area contributed by atoms with E-state index in [2.05, 4.69) is 15.2 Å². The van der Waals surface area contributed by atoms with Crippen LogP contribution in [0.3, 0.4) is 0 Å². The number of amides is 2. The van der Waals surface area contributed by atoms with Gasteiger partial charge in [-0.25, -0.2) is 14.6 Å². The van der Waals surface area contributed by atoms with Crippen molar-refractivity contribution in [3.63, 3.8) is 0 Å². The summed E-state index contributed by atoms with van der Waals surface area (Å²) in [6.07, 6.45) is 3.39. The summed E-state index contributed by atoms with van der Waals surface area (Å²) in [5, 5.41) is 11.7. The summed E-state index contributed by atoms with van der Waals surface area (Å²) in [4.78, 5) is 31.0. The first-order valence-corrected chi connectivity index (χ1v) is 6.89. The maximum absolute atomic E-state index is 12.3. The Kier molecular flexibility index (Phi) is 4.74. The SMILES string of the molecule is CN(C)C1CCCN(C(=O)Nc2cccnc2C(=O)O)C1. The number of anilines is 1. The number of piperidine rings is 1. The lowest BCUT2D eigenvalue weighted by molar-refractivity contribution is 0.0691. The van der Waals surface area contributed by atoms with Gasteiger partial charge in [-0.1, -0.05) is 0 Å². The van der Waals surface area contributed by atoms with Crippen molar-refractivity contribution in [3.8, 4) is 0 Å². The Morgan fingerprint density at radius 2 is 2.24 bits per heavy atom. The zero-order chi connectivity index (χ0) is 15.4. The van der Waals surface area contributed by atoms with Gasteiger partial charge in [0.15, 0.2) is 5.69 Å². The minimum absolute atomic E-state index is 0.146. The van der Waals surface area contributed by atoms with Crippen molar-refractivity contribution in [2.45, 2.75) is 18.9 Å². The molecule has 2 rings (SSSR count). The number of carboxylic acids is 1. The molecule has 1 aromatic heterocycles. The summed E-state index contributed by atoms with van der Waals surface area (Å²) >= 11 is 0. The number of nitrogens with zero attached hydrogens (tertiary/aromatic N) is 3. The highest BCUT2D eigenvalue weighted by Crippen LogP contribution is 2.17. The van der Waals surface area contributed by atoms with Crippen LogP contribution in [0.15, 0.2) is 18.3 Å². The zero-order valence-electron chi connectivity index (χ0n) is 12.2. The number of hydrogen-bond acceptors (Lipinski definition) is 4. The molecule has 1 aliphatic heterocycles. The average molecular weight is 292 g/mol. The molecular weight excluding hydrogens is 272 g/mol. The summed E-state index contributed by atoms with van der Waals surface area (Å²) < 4.78 is 0. The lowest BCUT2D eigenvalue weighted by Gasteiger charge is -2.36. The van der Waals surface area contributed by atoms with Crippen LogP contribution in [0.25, 0.3) is 0 Å². The quantitative estimate of drug-likeness (QED) is 0.878. The summed E-state index contributed by atoms with van der Waals surface area (Å²) in [5.41, 5.74) is 0.0778. The highest BCUT2D eigenvalue weighted by atomic mass is 16.4. The first-order valence-electron chi connectivity index (χ1n) is 6.89. The average Bonchev–Trinajstić information content (AvgIpc) is 2.47. The predicted molar refractivity (Wildman–Crippen MR) is 78.5 cm³/mol. The standard InChI is InChI=1S/C14H20N4O3/c1-17(2)10-5-4-8-18(9-10)14(21)16-11-6-3-7-15-12(11)13(19)20/h3,6-7,10H,4-5,8-9H2,1-2H3,(H,16,21)(H,19,20). The number of urea groups is 1. The fourth-order valence-electron chi connectivity index (χ4n) is 2.43. The molecule has 2 heterocycles. The second kappa shape index (κ2) is 6.53. The number of carbonyl (C=O) groups excluding carboxylic acids is 1. The van der Waals surface area contributed by atoms with Crippen LogP contribution in [0.5, 0.6) is 0 Å². The third kappa shape index (κ3) is 3.69. The molecule has 0 saturated carbocycles. The van der Waals surface area contributed by atoms with Crippen LogP contribution in [0.2, 0.25) is 0 Å². The molecule has 1 aromatic rings. The molecule has 1 saturated heterocycles. The van der Waals surface area contributed by atoms with E-state index < -0.39 is 5.97 Å². The van der Waals surface area contributed by atoms with E-state index in [9.17, 15) is 9.59 Å². The lowest BCUT2D eigenvalue weighted by atomic mass is 10.1. The van der Waals surface area contributed by atoms with E-state index in [1.807, 2.05) is 14.1 Å². The maximum Gasteiger partial charge on any atom is 0.356 e. The second-order valence-corrected chi connectivity index (χ2v) is 5.34. The molecule has 0 spiro atoms. The van der Waals surface area contributed by atoms with Gasteiger partial charge in [-0.2, -0.15) is 0 Å². The number of aromatic carboxylic acids is 1. The van der Waals surface area contributed by atoms with Crippen LogP contribution in [-0.4, -0.2) is 65.1 Å². The minimum atomic E-state index is -1.16. The molecule has 0 aromatic carbocycles. The van der Waals surface area contributed by atoms with Gasteiger partial charge >= 0.3 is 12.0 Å². The minimum Gasteiger partial charge on any atom is -0.476 e. The molecule has 21 heavy (non-hydrogen) atoms. The number of carbonyl (C=O) groups is 2. The Balaban J connectivity index is 2.06. The third-order valence-corrected chi connectivity index (χ3v) is 3.67. The normalized spacial score (nSPS) is 18.6. The highest BCUT2D eigenvalue weighted by Gasteiger charge is 2.25. The van der Waals surface area contributed by atoms with Crippen LogP contribution in [-0.2, 0) is 0 Å². The monoisotopic (exact) mass is 292 g/mol. The highest BCUT2D eigenvalue weighted by molar-refractivity contribution is 5.98. The van der Waals surface area contributed by atoms with Gasteiger partial charge in [0.05, 0.1) is 5.69 Å². The van der Waals surface area contributed by atoms with Crippen LogP contribution in [0, 0.1) is 0 Å². The van der Waals surface area contributed by atoms with Gasteiger partial charge < -0.3 is 20.2 Å². The van der Waals surface area contributed by atoms with Crippen molar-refractivity contribution >= 4 is 17.7 Å². The Labute approximate surface area is 123 Å². The molecule has 0 bridgehead atoms. The number of rotatable bonds is 3. The van der Waals surface area contributed by atoms with Crippen molar-refractivity contribution in [2.24, 2.45) is 0 Å². The summed E-state index contributed by atoms with van der Waals surface area (Å²) in [6, 6.07) is 3.19. The molecule has 1 unspecified atom stereocenters. The number of likely N-dealkylation sites (tertiary alicyclic amines) is 1. The molecule has 1 aliphatic rings. The first kappa shape index (κ1) is 15.2. The second-order valence-electron chi connectivity index (χ2n) is 5.34. The Bertz CT molecular complexity index is 533. The molecule has 0 radical (unpaired) electrons. The summed E-state index contributed by atoms with van der Waals surface area (Å²) in [6.45, 7) is 1.32. The molecule has 2 N–H and O–H groups in total. The van der Waals surface area contributed by atoms with E-state index in [1.165, 1.54) is 6.20 Å². The van der Waals surface area contributed by atoms with Gasteiger partial charge in [-0.3, -0.25) is 0 Å². The number of carboxylic acid groups (broad SMARTS) is 1.